The van der Waals surface area contributed by atoms with E-state index in [0.29, 0.717) is 49.4 Å². The molecule has 4 unspecified atom stereocenters. The normalized spacial score (nSPS) is 51.4. The predicted molar refractivity (Wildman–Crippen MR) is 113 cm³/mol. The van der Waals surface area contributed by atoms with Crippen molar-refractivity contribution in [2.24, 2.45) is 46.3 Å². The van der Waals surface area contributed by atoms with Gasteiger partial charge < -0.3 is 14.9 Å². The second-order valence-electron chi connectivity index (χ2n) is 11.6. The van der Waals surface area contributed by atoms with Crippen molar-refractivity contribution in [2.75, 3.05) is 7.11 Å². The number of halogens is 1. The molecule has 4 aliphatic carbocycles. The van der Waals surface area contributed by atoms with Crippen molar-refractivity contribution in [1.82, 2.24) is 0 Å². The number of ether oxygens (including phenoxy) is 1. The molecule has 11 atom stereocenters. The van der Waals surface area contributed by atoms with Gasteiger partial charge in [0, 0.05) is 6.42 Å². The Hall–Kier alpha value is -0.680. The Morgan fingerprint density at radius 3 is 2.47 bits per heavy atom. The molecule has 0 bridgehead atoms. The molecule has 0 aromatic heterocycles. The largest absolute Gasteiger partial charge is 0.469 e. The quantitative estimate of drug-likeness (QED) is 0.652. The zero-order valence-corrected chi connectivity index (χ0v) is 19.1. The zero-order valence-electron chi connectivity index (χ0n) is 19.1. The molecule has 5 heteroatoms. The summed E-state index contributed by atoms with van der Waals surface area (Å²) >= 11 is 0. The number of carbonyl (C=O) groups is 1. The van der Waals surface area contributed by atoms with Gasteiger partial charge in [-0.15, -0.1) is 0 Å². The summed E-state index contributed by atoms with van der Waals surface area (Å²) in [6.07, 6.45) is 5.09. The fraction of sp³-hybridized carbons (Fsp3) is 0.960. The lowest BCUT2D eigenvalue weighted by Crippen LogP contribution is -2.60. The van der Waals surface area contributed by atoms with E-state index >= 15 is 0 Å². The summed E-state index contributed by atoms with van der Waals surface area (Å²) in [5, 5.41) is 21.4. The molecule has 0 heterocycles. The van der Waals surface area contributed by atoms with Crippen LogP contribution in [0, 0.1) is 46.3 Å². The molecule has 0 spiro atoms. The molecule has 4 aliphatic rings. The summed E-state index contributed by atoms with van der Waals surface area (Å²) in [7, 11) is 1.45. The Labute approximate surface area is 181 Å². The van der Waals surface area contributed by atoms with Crippen molar-refractivity contribution >= 4 is 5.97 Å². The number of carbonyl (C=O) groups excluding carboxylic acids is 1. The predicted octanol–water partition coefficient (Wildman–Crippen LogP) is 4.51. The number of hydrogen-bond donors (Lipinski definition) is 2. The lowest BCUT2D eigenvalue weighted by Gasteiger charge is -2.62. The van der Waals surface area contributed by atoms with Gasteiger partial charge in [-0.05, 0) is 97.7 Å². The van der Waals surface area contributed by atoms with Gasteiger partial charge in [-0.2, -0.15) is 0 Å². The Morgan fingerprint density at radius 2 is 1.77 bits per heavy atom. The third-order valence-corrected chi connectivity index (χ3v) is 10.5. The lowest BCUT2D eigenvalue weighted by molar-refractivity contribution is -0.186. The van der Waals surface area contributed by atoms with Gasteiger partial charge in [-0.25, -0.2) is 4.39 Å². The molecule has 172 valence electrons. The van der Waals surface area contributed by atoms with Crippen LogP contribution in [-0.4, -0.2) is 41.7 Å². The first kappa shape index (κ1) is 22.5. The molecular formula is C25H41FO4. The smallest absolute Gasteiger partial charge is 0.305 e. The third-order valence-electron chi connectivity index (χ3n) is 10.5. The van der Waals surface area contributed by atoms with Gasteiger partial charge >= 0.3 is 5.97 Å². The highest BCUT2D eigenvalue weighted by atomic mass is 19.1. The summed E-state index contributed by atoms with van der Waals surface area (Å²) in [5.74, 6) is 2.17. The van der Waals surface area contributed by atoms with Gasteiger partial charge in [0.25, 0.3) is 0 Å². The Kier molecular flexibility index (Phi) is 6.02. The van der Waals surface area contributed by atoms with Crippen LogP contribution >= 0.6 is 0 Å². The van der Waals surface area contributed by atoms with Crippen molar-refractivity contribution in [3.05, 3.63) is 0 Å². The second-order valence-corrected chi connectivity index (χ2v) is 11.6. The van der Waals surface area contributed by atoms with Gasteiger partial charge in [0.1, 0.15) is 6.17 Å². The zero-order chi connectivity index (χ0) is 21.8. The minimum Gasteiger partial charge on any atom is -0.469 e. The third kappa shape index (κ3) is 3.43. The van der Waals surface area contributed by atoms with Gasteiger partial charge in [0.2, 0.25) is 0 Å². The highest BCUT2D eigenvalue weighted by Gasteiger charge is 2.63. The van der Waals surface area contributed by atoms with E-state index in [0.717, 1.165) is 32.1 Å². The highest BCUT2D eigenvalue weighted by Crippen LogP contribution is 2.68. The summed E-state index contributed by atoms with van der Waals surface area (Å²) in [5.41, 5.74) is 0.0721. The molecule has 2 N–H and O–H groups in total. The van der Waals surface area contributed by atoms with Crippen LogP contribution in [-0.2, 0) is 9.53 Å². The maximum absolute atomic E-state index is 14.6. The van der Waals surface area contributed by atoms with E-state index in [1.54, 1.807) is 0 Å². The Morgan fingerprint density at radius 1 is 1.10 bits per heavy atom. The number of aliphatic hydroxyl groups excluding tert-OH is 2. The Bertz CT molecular complexity index is 655. The van der Waals surface area contributed by atoms with Gasteiger partial charge in [-0.3, -0.25) is 4.79 Å². The van der Waals surface area contributed by atoms with Gasteiger partial charge in [0.05, 0.1) is 19.3 Å². The molecule has 4 rings (SSSR count). The van der Waals surface area contributed by atoms with Crippen molar-refractivity contribution in [1.29, 1.82) is 0 Å². The van der Waals surface area contributed by atoms with Crippen molar-refractivity contribution in [3.8, 4) is 0 Å². The maximum atomic E-state index is 14.6. The van der Waals surface area contributed by atoms with E-state index in [1.807, 2.05) is 0 Å². The van der Waals surface area contributed by atoms with E-state index in [9.17, 15) is 19.4 Å². The first-order chi connectivity index (χ1) is 14.1. The topological polar surface area (TPSA) is 66.8 Å². The first-order valence-electron chi connectivity index (χ1n) is 12.2. The first-order valence-corrected chi connectivity index (χ1v) is 12.2. The number of alkyl halides is 1. The highest BCUT2D eigenvalue weighted by molar-refractivity contribution is 5.69. The molecule has 0 aromatic rings. The molecule has 4 saturated carbocycles. The number of hydrogen-bond acceptors (Lipinski definition) is 4. The van der Waals surface area contributed by atoms with E-state index in [-0.39, 0.29) is 34.7 Å². The average molecular weight is 425 g/mol. The monoisotopic (exact) mass is 424 g/mol. The lowest BCUT2D eigenvalue weighted by atomic mass is 9.43. The minimum absolute atomic E-state index is 0.113. The summed E-state index contributed by atoms with van der Waals surface area (Å²) in [6, 6.07) is 0. The fourth-order valence-corrected chi connectivity index (χ4v) is 8.82. The molecule has 4 nitrogen and oxygen atoms in total. The molecular weight excluding hydrogens is 383 g/mol. The molecule has 0 radical (unpaired) electrons. The van der Waals surface area contributed by atoms with Crippen LogP contribution in [0.2, 0.25) is 0 Å². The molecule has 0 amide bonds. The number of esters is 1. The number of rotatable bonds is 4. The van der Waals surface area contributed by atoms with Crippen molar-refractivity contribution in [3.63, 3.8) is 0 Å². The summed E-state index contributed by atoms with van der Waals surface area (Å²) < 4.78 is 19.4. The molecule has 4 fully saturated rings. The Balaban J connectivity index is 1.54. The molecule has 0 aromatic carbocycles. The minimum atomic E-state index is -1.13. The number of aliphatic hydroxyl groups is 2. The SMILES string of the molecule is COC(=O)CC[C@@H](C)[C@H]1CCC2C3C(O)C[C@@H]4C[C@H](O)[C@H](F)C[C@]4(C)C3CC[C@@]21C. The maximum Gasteiger partial charge on any atom is 0.305 e. The van der Waals surface area contributed by atoms with E-state index < -0.39 is 12.3 Å². The van der Waals surface area contributed by atoms with Crippen molar-refractivity contribution in [2.45, 2.75) is 96.9 Å². The van der Waals surface area contributed by atoms with Crippen LogP contribution in [0.15, 0.2) is 0 Å². The fourth-order valence-electron chi connectivity index (χ4n) is 8.82. The van der Waals surface area contributed by atoms with Crippen LogP contribution in [0.1, 0.15) is 78.6 Å². The standard InChI is InChI=1S/C25H41FO4/c1-14(5-8-22(29)30-4)16-6-7-17-23-18(9-10-24(16,17)2)25(3)13-19(26)20(27)11-15(25)12-21(23)28/h14-21,23,27-28H,5-13H2,1-4H3/t14-,15+,16-,17?,18?,19-,20+,21?,23?,24-,25+/m1/s1. The van der Waals surface area contributed by atoms with Crippen LogP contribution in [0.5, 0.6) is 0 Å². The number of fused-ring (bicyclic) bond motifs is 5. The van der Waals surface area contributed by atoms with E-state index in [2.05, 4.69) is 20.8 Å². The van der Waals surface area contributed by atoms with Crippen LogP contribution in [0.3, 0.4) is 0 Å². The average Bonchev–Trinajstić information content (AvgIpc) is 3.05. The van der Waals surface area contributed by atoms with Gasteiger partial charge in [0.15, 0.2) is 0 Å². The summed E-state index contributed by atoms with van der Waals surface area (Å²) in [4.78, 5) is 11.6. The number of methoxy groups -OCH3 is 1. The van der Waals surface area contributed by atoms with E-state index in [4.69, 9.17) is 4.74 Å². The molecule has 0 saturated heterocycles. The van der Waals surface area contributed by atoms with Crippen LogP contribution in [0.25, 0.3) is 0 Å². The summed E-state index contributed by atoms with van der Waals surface area (Å²) in [6.45, 7) is 6.94. The molecule has 30 heavy (non-hydrogen) atoms. The van der Waals surface area contributed by atoms with Crippen LogP contribution in [0.4, 0.5) is 4.39 Å². The second kappa shape index (κ2) is 8.03. The van der Waals surface area contributed by atoms with Gasteiger partial charge in [-0.1, -0.05) is 20.8 Å². The molecule has 0 aliphatic heterocycles. The van der Waals surface area contributed by atoms with E-state index in [1.165, 1.54) is 7.11 Å². The van der Waals surface area contributed by atoms with Crippen molar-refractivity contribution < 1.29 is 24.1 Å². The van der Waals surface area contributed by atoms with Crippen LogP contribution < -0.4 is 0 Å².